The summed E-state index contributed by atoms with van der Waals surface area (Å²) in [5.41, 5.74) is 0. The highest BCUT2D eigenvalue weighted by Gasteiger charge is 2.29. The standard InChI is InChI=1S/C13H25N3O.ClH/c1-10(16(2)12-3-4-12)9-15-13(17)11-5-7-14-8-6-11;/h10-12,14H,3-9H2,1-2H3,(H,15,17);1H. The first-order chi connectivity index (χ1) is 8.18. The van der Waals surface area contributed by atoms with Crippen LogP contribution in [0.15, 0.2) is 0 Å². The Bertz CT molecular complexity index is 265. The fraction of sp³-hybridized carbons (Fsp3) is 0.923. The minimum absolute atomic E-state index is 0. The second kappa shape index (κ2) is 7.31. The second-order valence-corrected chi connectivity index (χ2v) is 5.52. The number of likely N-dealkylation sites (N-methyl/N-ethyl adjacent to an activating group) is 1. The van der Waals surface area contributed by atoms with Crippen molar-refractivity contribution in [2.75, 3.05) is 26.7 Å². The van der Waals surface area contributed by atoms with E-state index in [1.54, 1.807) is 0 Å². The zero-order valence-corrected chi connectivity index (χ0v) is 12.3. The summed E-state index contributed by atoms with van der Waals surface area (Å²) in [5.74, 6) is 0.484. The number of nitrogens with one attached hydrogen (secondary N) is 2. The predicted octanol–water partition coefficient (Wildman–Crippen LogP) is 1.01. The van der Waals surface area contributed by atoms with Crippen LogP contribution in [0, 0.1) is 5.92 Å². The van der Waals surface area contributed by atoms with E-state index in [1.165, 1.54) is 12.8 Å². The zero-order chi connectivity index (χ0) is 12.3. The molecule has 5 heteroatoms. The van der Waals surface area contributed by atoms with E-state index in [0.717, 1.165) is 38.5 Å². The summed E-state index contributed by atoms with van der Waals surface area (Å²) in [5, 5.41) is 6.39. The van der Waals surface area contributed by atoms with Crippen LogP contribution in [0.1, 0.15) is 32.6 Å². The van der Waals surface area contributed by atoms with Gasteiger partial charge in [-0.1, -0.05) is 0 Å². The molecular formula is C13H26ClN3O. The number of amides is 1. The Morgan fingerprint density at radius 3 is 2.50 bits per heavy atom. The summed E-state index contributed by atoms with van der Waals surface area (Å²) < 4.78 is 0. The van der Waals surface area contributed by atoms with Crippen LogP contribution in [0.3, 0.4) is 0 Å². The third kappa shape index (κ3) is 4.41. The van der Waals surface area contributed by atoms with Gasteiger partial charge < -0.3 is 10.6 Å². The van der Waals surface area contributed by atoms with E-state index in [1.807, 2.05) is 0 Å². The predicted molar refractivity (Wildman–Crippen MR) is 76.1 cm³/mol. The Morgan fingerprint density at radius 2 is 1.94 bits per heavy atom. The molecule has 0 radical (unpaired) electrons. The summed E-state index contributed by atoms with van der Waals surface area (Å²) in [7, 11) is 2.17. The number of carbonyl (C=O) groups excluding carboxylic acids is 1. The Labute approximate surface area is 116 Å². The minimum Gasteiger partial charge on any atom is -0.354 e. The molecule has 0 spiro atoms. The van der Waals surface area contributed by atoms with E-state index in [4.69, 9.17) is 0 Å². The van der Waals surface area contributed by atoms with E-state index in [2.05, 4.69) is 29.5 Å². The van der Waals surface area contributed by atoms with Gasteiger partial charge in [0.1, 0.15) is 0 Å². The van der Waals surface area contributed by atoms with Crippen LogP contribution in [0.5, 0.6) is 0 Å². The number of hydrogen-bond acceptors (Lipinski definition) is 3. The van der Waals surface area contributed by atoms with E-state index in [9.17, 15) is 4.79 Å². The Kier molecular flexibility index (Phi) is 6.39. The van der Waals surface area contributed by atoms with Crippen LogP contribution in [-0.4, -0.2) is 49.6 Å². The molecule has 1 saturated carbocycles. The fourth-order valence-electron chi connectivity index (χ4n) is 2.46. The molecule has 18 heavy (non-hydrogen) atoms. The molecule has 106 valence electrons. The summed E-state index contributed by atoms with van der Waals surface area (Å²) in [4.78, 5) is 14.3. The van der Waals surface area contributed by atoms with Crippen LogP contribution in [0.2, 0.25) is 0 Å². The van der Waals surface area contributed by atoms with Crippen molar-refractivity contribution in [3.05, 3.63) is 0 Å². The maximum atomic E-state index is 12.0. The van der Waals surface area contributed by atoms with Crippen molar-refractivity contribution in [3.8, 4) is 0 Å². The van der Waals surface area contributed by atoms with Gasteiger partial charge in [-0.15, -0.1) is 12.4 Å². The highest BCUT2D eigenvalue weighted by Crippen LogP contribution is 2.26. The average Bonchev–Trinajstić information content (AvgIpc) is 3.20. The quantitative estimate of drug-likeness (QED) is 0.787. The Hall–Kier alpha value is -0.320. The summed E-state index contributed by atoms with van der Waals surface area (Å²) in [6, 6.07) is 1.22. The lowest BCUT2D eigenvalue weighted by molar-refractivity contribution is -0.125. The van der Waals surface area contributed by atoms with Crippen molar-refractivity contribution in [2.24, 2.45) is 5.92 Å². The maximum absolute atomic E-state index is 12.0. The first-order valence-corrected chi connectivity index (χ1v) is 6.89. The number of halogens is 1. The van der Waals surface area contributed by atoms with E-state index in [0.29, 0.717) is 6.04 Å². The molecule has 1 atom stereocenters. The van der Waals surface area contributed by atoms with E-state index < -0.39 is 0 Å². The van der Waals surface area contributed by atoms with Gasteiger partial charge in [-0.2, -0.15) is 0 Å². The molecule has 0 aromatic rings. The van der Waals surface area contributed by atoms with Crippen molar-refractivity contribution in [1.29, 1.82) is 0 Å². The third-order valence-electron chi connectivity index (χ3n) is 4.10. The van der Waals surface area contributed by atoms with Crippen LogP contribution >= 0.6 is 12.4 Å². The molecular weight excluding hydrogens is 250 g/mol. The number of carbonyl (C=O) groups is 1. The average molecular weight is 276 g/mol. The molecule has 4 nitrogen and oxygen atoms in total. The first kappa shape index (κ1) is 15.7. The van der Waals surface area contributed by atoms with Crippen LogP contribution in [0.25, 0.3) is 0 Å². The fourth-order valence-corrected chi connectivity index (χ4v) is 2.46. The molecule has 1 amide bonds. The molecule has 0 aromatic heterocycles. The zero-order valence-electron chi connectivity index (χ0n) is 11.4. The van der Waals surface area contributed by atoms with Crippen molar-refractivity contribution < 1.29 is 4.79 Å². The monoisotopic (exact) mass is 275 g/mol. The van der Waals surface area contributed by atoms with E-state index >= 15 is 0 Å². The molecule has 1 aliphatic carbocycles. The molecule has 2 N–H and O–H groups in total. The molecule has 2 rings (SSSR count). The molecule has 0 bridgehead atoms. The SMILES string of the molecule is CC(CNC(=O)C1CCNCC1)N(C)C1CC1.Cl. The molecule has 2 aliphatic rings. The molecule has 1 saturated heterocycles. The Morgan fingerprint density at radius 1 is 1.33 bits per heavy atom. The van der Waals surface area contributed by atoms with Gasteiger partial charge in [0, 0.05) is 24.5 Å². The van der Waals surface area contributed by atoms with Crippen molar-refractivity contribution >= 4 is 18.3 Å². The largest absolute Gasteiger partial charge is 0.354 e. The topological polar surface area (TPSA) is 44.4 Å². The van der Waals surface area contributed by atoms with Gasteiger partial charge in [-0.25, -0.2) is 0 Å². The lowest BCUT2D eigenvalue weighted by atomic mass is 9.97. The highest BCUT2D eigenvalue weighted by atomic mass is 35.5. The van der Waals surface area contributed by atoms with Gasteiger partial charge in [0.15, 0.2) is 0 Å². The van der Waals surface area contributed by atoms with Gasteiger partial charge in [-0.3, -0.25) is 9.69 Å². The van der Waals surface area contributed by atoms with E-state index in [-0.39, 0.29) is 24.2 Å². The first-order valence-electron chi connectivity index (χ1n) is 6.89. The van der Waals surface area contributed by atoms with Gasteiger partial charge in [0.25, 0.3) is 0 Å². The Balaban J connectivity index is 0.00000162. The normalized spacial score (nSPS) is 22.4. The van der Waals surface area contributed by atoms with Crippen molar-refractivity contribution in [3.63, 3.8) is 0 Å². The van der Waals surface area contributed by atoms with Gasteiger partial charge in [0.05, 0.1) is 0 Å². The summed E-state index contributed by atoms with van der Waals surface area (Å²) in [6.45, 7) is 4.95. The second-order valence-electron chi connectivity index (χ2n) is 5.52. The third-order valence-corrected chi connectivity index (χ3v) is 4.10. The van der Waals surface area contributed by atoms with Crippen LogP contribution in [-0.2, 0) is 4.79 Å². The number of piperidine rings is 1. The molecule has 1 unspecified atom stereocenters. The highest BCUT2D eigenvalue weighted by molar-refractivity contribution is 5.85. The lowest BCUT2D eigenvalue weighted by Crippen LogP contribution is -2.44. The number of hydrogen-bond donors (Lipinski definition) is 2. The summed E-state index contributed by atoms with van der Waals surface area (Å²) in [6.07, 6.45) is 4.61. The van der Waals surface area contributed by atoms with Crippen molar-refractivity contribution in [2.45, 2.75) is 44.7 Å². The van der Waals surface area contributed by atoms with Crippen LogP contribution in [0.4, 0.5) is 0 Å². The molecule has 1 heterocycles. The molecule has 0 aromatic carbocycles. The van der Waals surface area contributed by atoms with Gasteiger partial charge in [0.2, 0.25) is 5.91 Å². The van der Waals surface area contributed by atoms with Crippen molar-refractivity contribution in [1.82, 2.24) is 15.5 Å². The van der Waals surface area contributed by atoms with Gasteiger partial charge >= 0.3 is 0 Å². The number of nitrogens with zero attached hydrogens (tertiary/aromatic N) is 1. The molecule has 1 aliphatic heterocycles. The minimum atomic E-state index is 0. The smallest absolute Gasteiger partial charge is 0.223 e. The maximum Gasteiger partial charge on any atom is 0.223 e. The van der Waals surface area contributed by atoms with Gasteiger partial charge in [-0.05, 0) is 52.7 Å². The molecule has 2 fully saturated rings. The summed E-state index contributed by atoms with van der Waals surface area (Å²) >= 11 is 0. The van der Waals surface area contributed by atoms with Crippen LogP contribution < -0.4 is 10.6 Å². The number of rotatable bonds is 5. The lowest BCUT2D eigenvalue weighted by Gasteiger charge is -2.27.